The van der Waals surface area contributed by atoms with Gasteiger partial charge in [0.2, 0.25) is 0 Å². The molecule has 3 aromatic rings. The van der Waals surface area contributed by atoms with Gasteiger partial charge in [-0.1, -0.05) is 111 Å². The third-order valence-electron chi connectivity index (χ3n) is 5.71. The average molecular weight is 439 g/mol. The Morgan fingerprint density at radius 3 is 2.06 bits per heavy atom. The standard InChI is InChI=1S/C31H34O2/c1-2-26-15-17-27(18-16-26)12-8-5-3-4-6-11-25-33-30-22-19-28(20-23-30)21-24-31(32)29-13-9-7-10-14-29/h2,7,9-10,13-24H,1,3-6,8,11-12,25H2. The molecular weight excluding hydrogens is 404 g/mol. The molecule has 170 valence electrons. The van der Waals surface area contributed by atoms with Gasteiger partial charge < -0.3 is 4.74 Å². The van der Waals surface area contributed by atoms with Gasteiger partial charge in [0.15, 0.2) is 5.78 Å². The van der Waals surface area contributed by atoms with E-state index in [0.29, 0.717) is 5.56 Å². The lowest BCUT2D eigenvalue weighted by atomic mass is 10.0. The molecule has 0 radical (unpaired) electrons. The molecule has 0 saturated heterocycles. The number of rotatable bonds is 14. The number of allylic oxidation sites excluding steroid dienone is 1. The molecular formula is C31H34O2. The first kappa shape index (κ1) is 24.3. The number of carbonyl (C=O) groups is 1. The highest BCUT2D eigenvalue weighted by molar-refractivity contribution is 6.06. The van der Waals surface area contributed by atoms with Crippen LogP contribution in [0.1, 0.15) is 65.6 Å². The second kappa shape index (κ2) is 13.9. The van der Waals surface area contributed by atoms with Crippen molar-refractivity contribution in [2.75, 3.05) is 6.61 Å². The molecule has 0 bridgehead atoms. The van der Waals surface area contributed by atoms with Gasteiger partial charge in [0, 0.05) is 5.56 Å². The molecule has 0 heterocycles. The summed E-state index contributed by atoms with van der Waals surface area (Å²) in [5, 5.41) is 0. The number of ether oxygens (including phenoxy) is 1. The van der Waals surface area contributed by atoms with Crippen LogP contribution in [0.25, 0.3) is 12.2 Å². The van der Waals surface area contributed by atoms with Crippen LogP contribution in [0.2, 0.25) is 0 Å². The Bertz CT molecular complexity index is 999. The molecule has 33 heavy (non-hydrogen) atoms. The van der Waals surface area contributed by atoms with E-state index in [1.807, 2.05) is 66.7 Å². The molecule has 0 aliphatic heterocycles. The van der Waals surface area contributed by atoms with Crippen molar-refractivity contribution in [1.29, 1.82) is 0 Å². The number of hydrogen-bond acceptors (Lipinski definition) is 2. The third kappa shape index (κ3) is 8.94. The summed E-state index contributed by atoms with van der Waals surface area (Å²) < 4.78 is 5.86. The lowest BCUT2D eigenvalue weighted by Crippen LogP contribution is -1.97. The zero-order valence-electron chi connectivity index (χ0n) is 19.4. The first-order valence-corrected chi connectivity index (χ1v) is 12.0. The Hall–Kier alpha value is -3.39. The van der Waals surface area contributed by atoms with E-state index >= 15 is 0 Å². The predicted molar refractivity (Wildman–Crippen MR) is 140 cm³/mol. The molecule has 0 atom stereocenters. The molecule has 0 amide bonds. The molecule has 0 aromatic heterocycles. The van der Waals surface area contributed by atoms with Crippen LogP contribution < -0.4 is 4.74 Å². The topological polar surface area (TPSA) is 26.3 Å². The maximum atomic E-state index is 12.1. The zero-order valence-corrected chi connectivity index (χ0v) is 19.4. The molecule has 0 N–H and O–H groups in total. The second-order valence-corrected chi connectivity index (χ2v) is 8.30. The van der Waals surface area contributed by atoms with Crippen molar-refractivity contribution >= 4 is 17.9 Å². The first-order valence-electron chi connectivity index (χ1n) is 12.0. The summed E-state index contributed by atoms with van der Waals surface area (Å²) in [5.41, 5.74) is 4.29. The summed E-state index contributed by atoms with van der Waals surface area (Å²) in [6, 6.07) is 25.9. The van der Waals surface area contributed by atoms with Crippen molar-refractivity contribution in [1.82, 2.24) is 0 Å². The monoisotopic (exact) mass is 438 g/mol. The normalized spacial score (nSPS) is 10.9. The molecule has 0 spiro atoms. The fourth-order valence-electron chi connectivity index (χ4n) is 3.69. The molecule has 0 aliphatic carbocycles. The van der Waals surface area contributed by atoms with Gasteiger partial charge in [-0.05, 0) is 54.2 Å². The highest BCUT2D eigenvalue weighted by Gasteiger charge is 2.00. The number of carbonyl (C=O) groups excluding carboxylic acids is 1. The van der Waals surface area contributed by atoms with E-state index in [-0.39, 0.29) is 5.78 Å². The number of ketones is 1. The Kier molecular flexibility index (Phi) is 10.2. The average Bonchev–Trinajstić information content (AvgIpc) is 2.88. The molecule has 2 heteroatoms. The lowest BCUT2D eigenvalue weighted by Gasteiger charge is -2.07. The fourth-order valence-corrected chi connectivity index (χ4v) is 3.69. The van der Waals surface area contributed by atoms with Crippen LogP contribution in [0.3, 0.4) is 0 Å². The van der Waals surface area contributed by atoms with Gasteiger partial charge in [0.05, 0.1) is 6.61 Å². The minimum atomic E-state index is 0.0121. The molecule has 2 nitrogen and oxygen atoms in total. The van der Waals surface area contributed by atoms with Crippen molar-refractivity contribution in [3.05, 3.63) is 114 Å². The van der Waals surface area contributed by atoms with E-state index in [0.717, 1.165) is 30.8 Å². The minimum Gasteiger partial charge on any atom is -0.494 e. The fraction of sp³-hybridized carbons (Fsp3) is 0.258. The largest absolute Gasteiger partial charge is 0.494 e. The highest BCUT2D eigenvalue weighted by Crippen LogP contribution is 2.15. The zero-order chi connectivity index (χ0) is 23.1. The van der Waals surface area contributed by atoms with Crippen LogP contribution in [0.4, 0.5) is 0 Å². The van der Waals surface area contributed by atoms with Crippen LogP contribution in [-0.4, -0.2) is 12.4 Å². The van der Waals surface area contributed by atoms with Crippen LogP contribution in [0, 0.1) is 0 Å². The van der Waals surface area contributed by atoms with E-state index < -0.39 is 0 Å². The molecule has 0 saturated carbocycles. The summed E-state index contributed by atoms with van der Waals surface area (Å²) in [7, 11) is 0. The number of unbranched alkanes of at least 4 members (excludes halogenated alkanes) is 5. The summed E-state index contributed by atoms with van der Waals surface area (Å²) in [4.78, 5) is 12.1. The van der Waals surface area contributed by atoms with Gasteiger partial charge in [-0.15, -0.1) is 0 Å². The van der Waals surface area contributed by atoms with Gasteiger partial charge in [0.25, 0.3) is 0 Å². The van der Waals surface area contributed by atoms with E-state index in [1.165, 1.54) is 43.2 Å². The van der Waals surface area contributed by atoms with Crippen LogP contribution in [0.15, 0.2) is 91.5 Å². The van der Waals surface area contributed by atoms with E-state index in [9.17, 15) is 4.79 Å². The van der Waals surface area contributed by atoms with Gasteiger partial charge in [-0.3, -0.25) is 4.79 Å². The summed E-state index contributed by atoms with van der Waals surface area (Å²) in [6.07, 6.45) is 13.9. The lowest BCUT2D eigenvalue weighted by molar-refractivity contribution is 0.104. The van der Waals surface area contributed by atoms with Crippen molar-refractivity contribution in [2.24, 2.45) is 0 Å². The summed E-state index contributed by atoms with van der Waals surface area (Å²) >= 11 is 0. The van der Waals surface area contributed by atoms with Crippen LogP contribution in [-0.2, 0) is 6.42 Å². The van der Waals surface area contributed by atoms with E-state index in [4.69, 9.17) is 4.74 Å². The summed E-state index contributed by atoms with van der Waals surface area (Å²) in [5.74, 6) is 0.891. The van der Waals surface area contributed by atoms with E-state index in [2.05, 4.69) is 30.8 Å². The molecule has 3 rings (SSSR count). The quantitative estimate of drug-likeness (QED) is 0.144. The Labute approximate surface area is 198 Å². The maximum absolute atomic E-state index is 12.1. The molecule has 0 aliphatic rings. The maximum Gasteiger partial charge on any atom is 0.185 e. The van der Waals surface area contributed by atoms with E-state index in [1.54, 1.807) is 6.08 Å². The smallest absolute Gasteiger partial charge is 0.185 e. The van der Waals surface area contributed by atoms with Gasteiger partial charge in [-0.25, -0.2) is 0 Å². The first-order chi connectivity index (χ1) is 16.2. The third-order valence-corrected chi connectivity index (χ3v) is 5.71. The Balaban J connectivity index is 1.24. The molecule has 0 unspecified atom stereocenters. The Morgan fingerprint density at radius 1 is 0.727 bits per heavy atom. The van der Waals surface area contributed by atoms with Crippen molar-refractivity contribution in [3.63, 3.8) is 0 Å². The van der Waals surface area contributed by atoms with Crippen molar-refractivity contribution in [3.8, 4) is 5.75 Å². The predicted octanol–water partition coefficient (Wildman–Crippen LogP) is 8.19. The summed E-state index contributed by atoms with van der Waals surface area (Å²) in [6.45, 7) is 4.54. The van der Waals surface area contributed by atoms with Gasteiger partial charge >= 0.3 is 0 Å². The Morgan fingerprint density at radius 2 is 1.36 bits per heavy atom. The number of benzene rings is 3. The van der Waals surface area contributed by atoms with Gasteiger partial charge in [0.1, 0.15) is 5.75 Å². The van der Waals surface area contributed by atoms with Crippen LogP contribution in [0.5, 0.6) is 5.75 Å². The van der Waals surface area contributed by atoms with Crippen LogP contribution >= 0.6 is 0 Å². The molecule has 0 fully saturated rings. The minimum absolute atomic E-state index is 0.0121. The molecule has 3 aromatic carbocycles. The number of hydrogen-bond donors (Lipinski definition) is 0. The van der Waals surface area contributed by atoms with Crippen molar-refractivity contribution < 1.29 is 9.53 Å². The van der Waals surface area contributed by atoms with Crippen molar-refractivity contribution in [2.45, 2.75) is 44.9 Å². The van der Waals surface area contributed by atoms with Gasteiger partial charge in [-0.2, -0.15) is 0 Å². The SMILES string of the molecule is C=Cc1ccc(CCCCCCCCOc2ccc(C=CC(=O)c3ccccc3)cc2)cc1. The second-order valence-electron chi connectivity index (χ2n) is 8.30. The highest BCUT2D eigenvalue weighted by atomic mass is 16.5. The number of aryl methyl sites for hydroxylation is 1.